The van der Waals surface area contributed by atoms with Crippen LogP contribution in [0.1, 0.15) is 20.3 Å². The minimum atomic E-state index is -0.629. The van der Waals surface area contributed by atoms with Crippen molar-refractivity contribution in [3.05, 3.63) is 11.8 Å². The summed E-state index contributed by atoms with van der Waals surface area (Å²) in [5.41, 5.74) is 0.393. The summed E-state index contributed by atoms with van der Waals surface area (Å²) in [6.07, 6.45) is 2.51. The van der Waals surface area contributed by atoms with Crippen LogP contribution in [0.15, 0.2) is 11.8 Å². The average molecular weight is 351 g/mol. The zero-order chi connectivity index (χ0) is 18.7. The molecule has 1 atom stereocenters. The molecule has 2 aliphatic heterocycles. The molecule has 2 heterocycles. The van der Waals surface area contributed by atoms with Gasteiger partial charge in [-0.1, -0.05) is 13.8 Å². The number of amidine groups is 1. The number of fused-ring (bicyclic) bond motifs is 1. The van der Waals surface area contributed by atoms with Crippen molar-refractivity contribution >= 4 is 23.7 Å². The Hall–Kier alpha value is -2.22. The summed E-state index contributed by atoms with van der Waals surface area (Å²) in [7, 11) is 4.63. The number of carbonyl (C=O) groups excluding carboxylic acids is 3. The number of nitrogens with one attached hydrogen (secondary N) is 1. The Bertz CT molecular complexity index is 639. The summed E-state index contributed by atoms with van der Waals surface area (Å²) in [5.74, 6) is -0.201. The first kappa shape index (κ1) is 19.1. The Morgan fingerprint density at radius 3 is 2.60 bits per heavy atom. The molecule has 4 amide bonds. The van der Waals surface area contributed by atoms with Crippen LogP contribution in [-0.4, -0.2) is 79.0 Å². The van der Waals surface area contributed by atoms with E-state index in [0.29, 0.717) is 37.1 Å². The lowest BCUT2D eigenvalue weighted by atomic mass is 10.0. The van der Waals surface area contributed by atoms with E-state index in [9.17, 15) is 14.4 Å². The summed E-state index contributed by atoms with van der Waals surface area (Å²) >= 11 is 0. The molecule has 8 heteroatoms. The summed E-state index contributed by atoms with van der Waals surface area (Å²) in [5, 5.41) is 2.89. The van der Waals surface area contributed by atoms with E-state index in [4.69, 9.17) is 4.74 Å². The topological polar surface area (TPSA) is 82.0 Å². The fraction of sp³-hybridized carbons (Fsp3) is 0.647. The standard InChI is InChI=1S/C17H26N4O4/c1-11(2)6-7-18-14(22)13-10-12-15(21(13)8-9-25-5)19(3)17(24)20(4)16(12)23/h10-12H,6-9H2,1-5H3/p+1. The molecule has 8 nitrogen and oxygen atoms in total. The van der Waals surface area contributed by atoms with Crippen LogP contribution in [0.3, 0.4) is 0 Å². The SMILES string of the molecule is COCC[N+]1=C2C(C=C1C(=O)NCCC(C)C)C(=O)N(C)C(=O)N2C. The minimum absolute atomic E-state index is 0.241. The molecule has 2 aliphatic rings. The van der Waals surface area contributed by atoms with Gasteiger partial charge in [-0.3, -0.25) is 9.59 Å². The summed E-state index contributed by atoms with van der Waals surface area (Å²) in [4.78, 5) is 39.8. The summed E-state index contributed by atoms with van der Waals surface area (Å²) in [6, 6.07) is -0.409. The van der Waals surface area contributed by atoms with Crippen molar-refractivity contribution in [3.63, 3.8) is 0 Å². The van der Waals surface area contributed by atoms with Crippen molar-refractivity contribution in [3.8, 4) is 0 Å². The van der Waals surface area contributed by atoms with Crippen LogP contribution < -0.4 is 5.32 Å². The van der Waals surface area contributed by atoms with Crippen molar-refractivity contribution in [1.29, 1.82) is 0 Å². The smallest absolute Gasteiger partial charge is 0.381 e. The first-order chi connectivity index (χ1) is 11.8. The van der Waals surface area contributed by atoms with Gasteiger partial charge >= 0.3 is 6.03 Å². The highest BCUT2D eigenvalue weighted by Gasteiger charge is 2.51. The third kappa shape index (κ3) is 3.73. The number of hydrogen-bond donors (Lipinski definition) is 1. The first-order valence-electron chi connectivity index (χ1n) is 8.48. The maximum atomic E-state index is 12.6. The van der Waals surface area contributed by atoms with Crippen molar-refractivity contribution in [2.24, 2.45) is 11.8 Å². The zero-order valence-corrected chi connectivity index (χ0v) is 15.5. The Morgan fingerprint density at radius 2 is 2.00 bits per heavy atom. The molecule has 0 aliphatic carbocycles. The lowest BCUT2D eigenvalue weighted by Crippen LogP contribution is -2.57. The van der Waals surface area contributed by atoms with Gasteiger partial charge in [-0.25, -0.2) is 14.3 Å². The molecule has 138 valence electrons. The Morgan fingerprint density at radius 1 is 1.32 bits per heavy atom. The second-order valence-corrected chi connectivity index (χ2v) is 6.71. The van der Waals surface area contributed by atoms with E-state index in [1.165, 1.54) is 11.9 Å². The van der Waals surface area contributed by atoms with E-state index in [2.05, 4.69) is 19.2 Å². The van der Waals surface area contributed by atoms with Crippen molar-refractivity contribution in [2.75, 3.05) is 40.9 Å². The Balaban J connectivity index is 2.32. The molecule has 0 aromatic carbocycles. The molecular weight excluding hydrogens is 324 g/mol. The molecule has 0 bridgehead atoms. The highest BCUT2D eigenvalue weighted by molar-refractivity contribution is 6.19. The Labute approximate surface area is 148 Å². The van der Waals surface area contributed by atoms with Gasteiger partial charge in [-0.15, -0.1) is 0 Å². The number of ether oxygens (including phenoxy) is 1. The summed E-state index contributed by atoms with van der Waals surface area (Å²) in [6.45, 7) is 5.50. The largest absolute Gasteiger partial charge is 0.417 e. The van der Waals surface area contributed by atoms with Gasteiger partial charge in [0.1, 0.15) is 6.54 Å². The maximum absolute atomic E-state index is 12.6. The van der Waals surface area contributed by atoms with Gasteiger partial charge in [-0.05, 0) is 18.4 Å². The van der Waals surface area contributed by atoms with E-state index >= 15 is 0 Å². The predicted molar refractivity (Wildman–Crippen MR) is 92.0 cm³/mol. The molecule has 1 saturated heterocycles. The number of hydrogen-bond acceptors (Lipinski definition) is 4. The first-order valence-corrected chi connectivity index (χ1v) is 8.48. The van der Waals surface area contributed by atoms with Crippen LogP contribution in [-0.2, 0) is 14.3 Å². The van der Waals surface area contributed by atoms with Gasteiger partial charge in [0.25, 0.3) is 17.6 Å². The van der Waals surface area contributed by atoms with Gasteiger partial charge in [0, 0.05) is 20.7 Å². The number of methoxy groups -OCH3 is 1. The van der Waals surface area contributed by atoms with Crippen LogP contribution in [0.2, 0.25) is 0 Å². The van der Waals surface area contributed by atoms with E-state index < -0.39 is 11.9 Å². The molecule has 1 fully saturated rings. The quantitative estimate of drug-likeness (QED) is 0.667. The van der Waals surface area contributed by atoms with E-state index in [1.54, 1.807) is 24.8 Å². The third-order valence-corrected chi connectivity index (χ3v) is 4.44. The van der Waals surface area contributed by atoms with Crippen molar-refractivity contribution < 1.29 is 23.7 Å². The molecule has 0 saturated carbocycles. The molecule has 25 heavy (non-hydrogen) atoms. The lowest BCUT2D eigenvalue weighted by molar-refractivity contribution is -0.476. The minimum Gasteiger partial charge on any atom is -0.381 e. The van der Waals surface area contributed by atoms with Crippen LogP contribution in [0.4, 0.5) is 4.79 Å². The predicted octanol–water partition coefficient (Wildman–Crippen LogP) is 0.244. The average Bonchev–Trinajstić information content (AvgIpc) is 2.95. The number of nitrogens with zero attached hydrogens (tertiary/aromatic N) is 3. The molecule has 2 rings (SSSR count). The molecule has 1 N–H and O–H groups in total. The molecule has 1 unspecified atom stereocenters. The third-order valence-electron chi connectivity index (χ3n) is 4.44. The monoisotopic (exact) mass is 351 g/mol. The van der Waals surface area contributed by atoms with Crippen molar-refractivity contribution in [2.45, 2.75) is 20.3 Å². The second kappa shape index (κ2) is 7.77. The van der Waals surface area contributed by atoms with Crippen LogP contribution >= 0.6 is 0 Å². The molecule has 0 aromatic rings. The summed E-state index contributed by atoms with van der Waals surface area (Å²) < 4.78 is 6.83. The van der Waals surface area contributed by atoms with E-state index in [-0.39, 0.29) is 11.8 Å². The molecule has 0 spiro atoms. The molecule has 0 aromatic heterocycles. The maximum Gasteiger partial charge on any atom is 0.417 e. The normalized spacial score (nSPS) is 20.4. The number of urea groups is 1. The van der Waals surface area contributed by atoms with Crippen LogP contribution in [0.25, 0.3) is 0 Å². The fourth-order valence-electron chi connectivity index (χ4n) is 2.99. The van der Waals surface area contributed by atoms with Crippen LogP contribution in [0, 0.1) is 11.8 Å². The molecular formula is C17H27N4O4+. The highest BCUT2D eigenvalue weighted by atomic mass is 16.5. The lowest BCUT2D eigenvalue weighted by Gasteiger charge is -2.27. The highest BCUT2D eigenvalue weighted by Crippen LogP contribution is 2.25. The van der Waals surface area contributed by atoms with Gasteiger partial charge in [0.2, 0.25) is 0 Å². The van der Waals surface area contributed by atoms with Crippen LogP contribution in [0.5, 0.6) is 0 Å². The number of carbonyl (C=O) groups is 3. The van der Waals surface area contributed by atoms with E-state index in [1.807, 2.05) is 0 Å². The van der Waals surface area contributed by atoms with E-state index in [0.717, 1.165) is 11.3 Å². The number of imide groups is 1. The van der Waals surface area contributed by atoms with Gasteiger partial charge in [-0.2, -0.15) is 4.90 Å². The zero-order valence-electron chi connectivity index (χ0n) is 15.5. The fourth-order valence-corrected chi connectivity index (χ4v) is 2.99. The van der Waals surface area contributed by atoms with Crippen molar-refractivity contribution in [1.82, 2.24) is 15.1 Å². The molecule has 0 radical (unpaired) electrons. The Kier molecular flexibility index (Phi) is 5.94. The van der Waals surface area contributed by atoms with Gasteiger partial charge in [0.05, 0.1) is 13.7 Å². The number of amides is 4. The number of rotatable bonds is 7. The van der Waals surface area contributed by atoms with Gasteiger partial charge < -0.3 is 10.1 Å². The van der Waals surface area contributed by atoms with Gasteiger partial charge in [0.15, 0.2) is 11.6 Å². The second-order valence-electron chi connectivity index (χ2n) is 6.71.